The maximum Gasteiger partial charge on any atom is 0.501 e. The van der Waals surface area contributed by atoms with E-state index < -0.39 is 44.1 Å². The van der Waals surface area contributed by atoms with Gasteiger partial charge in [0.25, 0.3) is 15.7 Å². The van der Waals surface area contributed by atoms with Gasteiger partial charge < -0.3 is 16.4 Å². The number of hydrogen-bond acceptors (Lipinski definition) is 7. The highest BCUT2D eigenvalue weighted by molar-refractivity contribution is 7.92. The molecule has 9 nitrogen and oxygen atoms in total. The van der Waals surface area contributed by atoms with Gasteiger partial charge in [-0.2, -0.15) is 18.4 Å². The van der Waals surface area contributed by atoms with Crippen LogP contribution in [0.2, 0.25) is 0 Å². The van der Waals surface area contributed by atoms with Gasteiger partial charge in [-0.3, -0.25) is 15.1 Å². The number of sulfone groups is 1. The molecular weight excluding hydrogens is 504 g/mol. The van der Waals surface area contributed by atoms with Crippen LogP contribution in [-0.4, -0.2) is 61.9 Å². The minimum Gasteiger partial charge on any atom is -0.386 e. The minimum atomic E-state index is -5.52. The number of hydrogen-bond donors (Lipinski definition) is 4. The number of amidine groups is 1. The number of carbonyl (C=O) groups excluding carboxylic acids is 1. The van der Waals surface area contributed by atoms with Crippen LogP contribution >= 0.6 is 0 Å². The van der Waals surface area contributed by atoms with E-state index >= 15 is 0 Å². The van der Waals surface area contributed by atoms with E-state index in [2.05, 4.69) is 21.6 Å². The molecule has 1 heterocycles. The topological polar surface area (TPSA) is 152 Å². The van der Waals surface area contributed by atoms with Gasteiger partial charge in [0.2, 0.25) is 0 Å². The average Bonchev–Trinajstić information content (AvgIpc) is 3.25. The van der Waals surface area contributed by atoms with Crippen molar-refractivity contribution < 1.29 is 30.8 Å². The second-order valence-corrected chi connectivity index (χ2v) is 10.7. The minimum absolute atomic E-state index is 0.0560. The number of likely N-dealkylation sites (tertiary alicyclic amines) is 1. The van der Waals surface area contributed by atoms with Gasteiger partial charge in [0.05, 0.1) is 22.5 Å². The van der Waals surface area contributed by atoms with E-state index in [-0.39, 0.29) is 23.3 Å². The Balaban J connectivity index is 1.65. The van der Waals surface area contributed by atoms with Gasteiger partial charge >= 0.3 is 5.51 Å². The molecule has 1 saturated carbocycles. The molecule has 36 heavy (non-hydrogen) atoms. The number of nitrogens with two attached hydrogens (primary N) is 1. The number of halogens is 4. The summed E-state index contributed by atoms with van der Waals surface area (Å²) in [5.74, 6) is -1.86. The molecular formula is C22H26F4N6O3S. The standard InChI is InChI=1S/C22H26F4N6O3S/c23-14-7-8-32(12-14)16-3-6-19(13(9-16)10-27)30-11-18(21(29)33)20(28)31-15-1-4-17(5-2-15)36(34,35)22(24,25)26/h1-2,4-5,11,13-14,16,19,30H,3,6-9,12H2,(H2,28,31)(H2,29,33)/b18-11+/t13-,14+,16?,19+/m1/s1. The summed E-state index contributed by atoms with van der Waals surface area (Å²) in [6, 6.07) is 5.50. The highest BCUT2D eigenvalue weighted by Crippen LogP contribution is 2.32. The third kappa shape index (κ3) is 6.14. The van der Waals surface area contributed by atoms with Crippen molar-refractivity contribution in [2.45, 2.75) is 54.3 Å². The Hall–Kier alpha value is -3.18. The van der Waals surface area contributed by atoms with E-state index in [0.717, 1.165) is 30.7 Å². The van der Waals surface area contributed by atoms with E-state index in [1.54, 1.807) is 0 Å². The predicted octanol–water partition coefficient (Wildman–Crippen LogP) is 2.43. The van der Waals surface area contributed by atoms with E-state index in [1.807, 2.05) is 0 Å². The van der Waals surface area contributed by atoms with Crippen LogP contribution < -0.4 is 16.4 Å². The molecule has 2 fully saturated rings. The molecule has 1 aliphatic carbocycles. The Labute approximate surface area is 205 Å². The molecule has 3 rings (SSSR count). The van der Waals surface area contributed by atoms with E-state index in [9.17, 15) is 36.0 Å². The van der Waals surface area contributed by atoms with Crippen molar-refractivity contribution in [2.24, 2.45) is 11.7 Å². The summed E-state index contributed by atoms with van der Waals surface area (Å²) >= 11 is 0. The first-order valence-electron chi connectivity index (χ1n) is 11.1. The molecule has 5 N–H and O–H groups in total. The number of rotatable bonds is 7. The average molecular weight is 531 g/mol. The van der Waals surface area contributed by atoms with E-state index in [0.29, 0.717) is 32.4 Å². The summed E-state index contributed by atoms with van der Waals surface area (Å²) in [7, 11) is -5.52. The number of benzene rings is 1. The van der Waals surface area contributed by atoms with Crippen molar-refractivity contribution in [3.8, 4) is 6.07 Å². The molecule has 14 heteroatoms. The maximum absolute atomic E-state index is 13.6. The summed E-state index contributed by atoms with van der Waals surface area (Å²) in [5, 5.41) is 23.2. The molecule has 4 atom stereocenters. The molecule has 0 bridgehead atoms. The Morgan fingerprint density at radius 1 is 1.22 bits per heavy atom. The van der Waals surface area contributed by atoms with Crippen molar-refractivity contribution in [1.82, 2.24) is 10.2 Å². The third-order valence-corrected chi connectivity index (χ3v) is 7.88. The van der Waals surface area contributed by atoms with Crippen LogP contribution in [0.4, 0.5) is 23.2 Å². The number of nitriles is 1. The first-order chi connectivity index (χ1) is 16.8. The molecule has 1 aromatic rings. The van der Waals surface area contributed by atoms with Crippen molar-refractivity contribution in [3.05, 3.63) is 36.0 Å². The SMILES string of the molecule is N#C[C@H]1CC(N2CC[C@H](F)C2)CC[C@@H]1N/C=C(\C(=N)Nc1ccc(S(=O)(=O)C(F)(F)F)cc1)C(N)=O. The maximum atomic E-state index is 13.6. The summed E-state index contributed by atoms with van der Waals surface area (Å²) in [4.78, 5) is 13.0. The van der Waals surface area contributed by atoms with Gasteiger partial charge in [-0.05, 0) is 49.9 Å². The van der Waals surface area contributed by atoms with Gasteiger partial charge in [-0.1, -0.05) is 0 Å². The van der Waals surface area contributed by atoms with Crippen LogP contribution in [0.25, 0.3) is 0 Å². The highest BCUT2D eigenvalue weighted by atomic mass is 32.2. The molecule has 0 radical (unpaired) electrons. The highest BCUT2D eigenvalue weighted by Gasteiger charge is 2.46. The number of nitrogens with zero attached hydrogens (tertiary/aromatic N) is 2. The van der Waals surface area contributed by atoms with Crippen molar-refractivity contribution in [1.29, 1.82) is 10.7 Å². The largest absolute Gasteiger partial charge is 0.501 e. The van der Waals surface area contributed by atoms with Gasteiger partial charge in [-0.25, -0.2) is 12.8 Å². The summed E-state index contributed by atoms with van der Waals surface area (Å²) in [6.45, 7) is 1.01. The van der Waals surface area contributed by atoms with Crippen molar-refractivity contribution in [3.63, 3.8) is 0 Å². The van der Waals surface area contributed by atoms with Crippen LogP contribution in [0.15, 0.2) is 40.9 Å². The van der Waals surface area contributed by atoms with Crippen molar-refractivity contribution in [2.75, 3.05) is 18.4 Å². The monoisotopic (exact) mass is 530 g/mol. The lowest BCUT2D eigenvalue weighted by Crippen LogP contribution is -2.45. The number of anilines is 1. The first kappa shape index (κ1) is 27.4. The van der Waals surface area contributed by atoms with E-state index in [1.165, 1.54) is 6.20 Å². The number of amides is 1. The van der Waals surface area contributed by atoms with E-state index in [4.69, 9.17) is 11.1 Å². The number of alkyl halides is 4. The summed E-state index contributed by atoms with van der Waals surface area (Å²) < 4.78 is 74.6. The summed E-state index contributed by atoms with van der Waals surface area (Å²) in [6.07, 6.45) is 2.67. The van der Waals surface area contributed by atoms with Crippen LogP contribution in [-0.2, 0) is 14.6 Å². The lowest BCUT2D eigenvalue weighted by atomic mass is 9.81. The second kappa shape index (κ2) is 10.8. The lowest BCUT2D eigenvalue weighted by molar-refractivity contribution is -0.114. The molecule has 0 aromatic heterocycles. The van der Waals surface area contributed by atoms with Crippen LogP contribution in [0.1, 0.15) is 25.7 Å². The molecule has 1 amide bonds. The quantitative estimate of drug-likeness (QED) is 0.183. The van der Waals surface area contributed by atoms with Gasteiger partial charge in [0.1, 0.15) is 12.0 Å². The molecule has 196 valence electrons. The van der Waals surface area contributed by atoms with Gasteiger partial charge in [0, 0.05) is 37.1 Å². The molecule has 0 spiro atoms. The van der Waals surface area contributed by atoms with Gasteiger partial charge in [-0.15, -0.1) is 0 Å². The van der Waals surface area contributed by atoms with Gasteiger partial charge in [0.15, 0.2) is 0 Å². The zero-order valence-electron chi connectivity index (χ0n) is 19.1. The first-order valence-corrected chi connectivity index (χ1v) is 12.6. The Kier molecular flexibility index (Phi) is 8.25. The van der Waals surface area contributed by atoms with Crippen LogP contribution in [0, 0.1) is 22.7 Å². The fourth-order valence-electron chi connectivity index (χ4n) is 4.42. The zero-order chi connectivity index (χ0) is 26.7. The number of carbonyl (C=O) groups is 1. The number of nitrogens with one attached hydrogen (secondary N) is 3. The molecule has 2 aliphatic rings. The molecule has 1 unspecified atom stereocenters. The molecule has 1 aliphatic heterocycles. The molecule has 1 aromatic carbocycles. The number of primary amides is 1. The Bertz CT molecular complexity index is 1160. The zero-order valence-corrected chi connectivity index (χ0v) is 19.9. The molecule has 1 saturated heterocycles. The normalized spacial score (nSPS) is 25.7. The van der Waals surface area contributed by atoms with Crippen molar-refractivity contribution >= 4 is 27.3 Å². The van der Waals surface area contributed by atoms with Crippen LogP contribution in [0.3, 0.4) is 0 Å². The second-order valence-electron chi connectivity index (χ2n) is 8.75. The Morgan fingerprint density at radius 3 is 2.42 bits per heavy atom. The predicted molar refractivity (Wildman–Crippen MR) is 123 cm³/mol. The lowest BCUT2D eigenvalue weighted by Gasteiger charge is -2.37. The Morgan fingerprint density at radius 2 is 1.89 bits per heavy atom. The smallest absolute Gasteiger partial charge is 0.386 e. The fraction of sp³-hybridized carbons (Fsp3) is 0.500. The van der Waals surface area contributed by atoms with Crippen LogP contribution in [0.5, 0.6) is 0 Å². The summed E-state index contributed by atoms with van der Waals surface area (Å²) in [5.41, 5.74) is -0.292. The fourth-order valence-corrected chi connectivity index (χ4v) is 5.18. The third-order valence-electron chi connectivity index (χ3n) is 6.38.